The molecule has 0 aliphatic carbocycles. The molecule has 0 fully saturated rings. The van der Waals surface area contributed by atoms with Gasteiger partial charge in [0.2, 0.25) is 0 Å². The van der Waals surface area contributed by atoms with Crippen molar-refractivity contribution < 1.29 is 0 Å². The Morgan fingerprint density at radius 3 is 2.47 bits per heavy atom. The molecule has 1 aromatic heterocycles. The van der Waals surface area contributed by atoms with Gasteiger partial charge in [-0.3, -0.25) is 0 Å². The van der Waals surface area contributed by atoms with Crippen LogP contribution in [0.15, 0.2) is 60.8 Å². The molecule has 1 N–H and O–H groups in total. The van der Waals surface area contributed by atoms with Gasteiger partial charge in [-0.25, -0.2) is 0 Å². The Hall–Kier alpha value is -2.42. The number of rotatable bonds is 0. The lowest BCUT2D eigenvalue weighted by Gasteiger charge is -1.98. The van der Waals surface area contributed by atoms with Crippen LogP contribution in [0.1, 0.15) is 0 Å². The van der Waals surface area contributed by atoms with E-state index in [9.17, 15) is 0 Å². The monoisotopic (exact) mass is 221 g/mol. The minimum Gasteiger partial charge on any atom is -0.197 e. The van der Waals surface area contributed by atoms with Crippen LogP contribution in [-0.4, -0.2) is 15.4 Å². The summed E-state index contributed by atoms with van der Waals surface area (Å²) in [5, 5.41) is 14.1. The number of aromatic nitrogens is 3. The number of nitrogens with zero attached hydrogens (tertiary/aromatic N) is 2. The molecule has 0 atom stereocenters. The lowest BCUT2D eigenvalue weighted by atomic mass is 10.1. The average molecular weight is 221 g/mol. The summed E-state index contributed by atoms with van der Waals surface area (Å²) in [7, 11) is 0. The maximum atomic E-state index is 4.24. The predicted octanol–water partition coefficient (Wildman–Crippen LogP) is 3.24. The van der Waals surface area contributed by atoms with Crippen molar-refractivity contribution in [1.82, 2.24) is 15.4 Å². The molecule has 17 heavy (non-hydrogen) atoms. The molecule has 0 saturated heterocycles. The molecule has 3 heteroatoms. The smallest absolute Gasteiger partial charge is 0.102 e. The summed E-state index contributed by atoms with van der Waals surface area (Å²) >= 11 is 0. The number of hydrogen-bond donors (Lipinski definition) is 1. The van der Waals surface area contributed by atoms with Crippen molar-refractivity contribution >= 4 is 21.7 Å². The van der Waals surface area contributed by atoms with Gasteiger partial charge in [0.15, 0.2) is 0 Å². The van der Waals surface area contributed by atoms with Crippen molar-refractivity contribution in [3.8, 4) is 0 Å². The van der Waals surface area contributed by atoms with Crippen molar-refractivity contribution in [2.24, 2.45) is 0 Å². The highest BCUT2D eigenvalue weighted by Crippen LogP contribution is 2.20. The molecule has 0 aliphatic heterocycles. The molecule has 0 saturated carbocycles. The molecular weight excluding hydrogens is 210 g/mol. The van der Waals surface area contributed by atoms with Gasteiger partial charge in [-0.15, -0.1) is 0 Å². The molecule has 1 heterocycles. The first-order chi connectivity index (χ1) is 8.45. The molecule has 0 unspecified atom stereocenters. The highest BCUT2D eigenvalue weighted by molar-refractivity contribution is 6.04. The second-order valence-electron chi connectivity index (χ2n) is 3.77. The summed E-state index contributed by atoms with van der Waals surface area (Å²) in [5.41, 5.74) is 0.939. The summed E-state index contributed by atoms with van der Waals surface area (Å²) in [6.45, 7) is 0. The fraction of sp³-hybridized carbons (Fsp3) is 0. The van der Waals surface area contributed by atoms with E-state index in [2.05, 4.69) is 33.6 Å². The highest BCUT2D eigenvalue weighted by Gasteiger charge is 1.98. The van der Waals surface area contributed by atoms with Crippen LogP contribution in [0.3, 0.4) is 0 Å². The maximum Gasteiger partial charge on any atom is 0.102 e. The molecule has 0 aliphatic rings. The van der Waals surface area contributed by atoms with Gasteiger partial charge >= 0.3 is 0 Å². The standard InChI is InChI=1S/C14H11N3/c1-2-4-6-11-8-9-12-10-15-17-16-14(12)13(11)7-5-3-1/h1-10,17H. The Morgan fingerprint density at radius 2 is 1.53 bits per heavy atom. The molecule has 0 radical (unpaired) electrons. The molecule has 0 spiro atoms. The largest absolute Gasteiger partial charge is 0.197 e. The minimum atomic E-state index is 0.939. The van der Waals surface area contributed by atoms with Crippen molar-refractivity contribution in [3.05, 3.63) is 60.8 Å². The SMILES string of the molecule is c1cccc2ccc3cn[nH]nc3c2ccc1. The fourth-order valence-corrected chi connectivity index (χ4v) is 1.87. The summed E-state index contributed by atoms with van der Waals surface area (Å²) < 4.78 is 0. The van der Waals surface area contributed by atoms with Crippen LogP contribution in [0.25, 0.3) is 21.7 Å². The zero-order chi connectivity index (χ0) is 11.5. The van der Waals surface area contributed by atoms with E-state index in [1.807, 2.05) is 36.4 Å². The molecule has 2 aromatic carbocycles. The van der Waals surface area contributed by atoms with Crippen molar-refractivity contribution in [2.45, 2.75) is 0 Å². The van der Waals surface area contributed by atoms with E-state index >= 15 is 0 Å². The van der Waals surface area contributed by atoms with Crippen molar-refractivity contribution in [1.29, 1.82) is 0 Å². The van der Waals surface area contributed by atoms with E-state index in [1.54, 1.807) is 6.20 Å². The zero-order valence-electron chi connectivity index (χ0n) is 9.17. The Labute approximate surface area is 98.4 Å². The number of H-pyrrole nitrogens is 1. The topological polar surface area (TPSA) is 41.6 Å². The molecule has 82 valence electrons. The summed E-state index contributed by atoms with van der Waals surface area (Å²) in [4.78, 5) is 0. The number of hydrogen-bond acceptors (Lipinski definition) is 2. The van der Waals surface area contributed by atoms with Crippen LogP contribution in [0.4, 0.5) is 0 Å². The van der Waals surface area contributed by atoms with Crippen LogP contribution < -0.4 is 0 Å². The van der Waals surface area contributed by atoms with Gasteiger partial charge in [-0.05, 0) is 5.39 Å². The summed E-state index contributed by atoms with van der Waals surface area (Å²) in [6.07, 6.45) is 1.79. The Morgan fingerprint density at radius 1 is 0.765 bits per heavy atom. The third-order valence-corrected chi connectivity index (χ3v) is 2.69. The van der Waals surface area contributed by atoms with Crippen LogP contribution >= 0.6 is 0 Å². The van der Waals surface area contributed by atoms with E-state index in [0.717, 1.165) is 21.7 Å². The van der Waals surface area contributed by atoms with Gasteiger partial charge < -0.3 is 0 Å². The van der Waals surface area contributed by atoms with E-state index < -0.39 is 0 Å². The molecule has 3 aromatic rings. The van der Waals surface area contributed by atoms with Gasteiger partial charge in [0.25, 0.3) is 0 Å². The van der Waals surface area contributed by atoms with Gasteiger partial charge in [0.1, 0.15) is 5.52 Å². The third kappa shape index (κ3) is 1.83. The Kier molecular flexibility index (Phi) is 2.43. The van der Waals surface area contributed by atoms with Crippen molar-refractivity contribution in [3.63, 3.8) is 0 Å². The van der Waals surface area contributed by atoms with Crippen LogP contribution in [0.5, 0.6) is 0 Å². The number of aromatic amines is 1. The number of nitrogens with one attached hydrogen (secondary N) is 1. The molecular formula is C14H11N3. The lowest BCUT2D eigenvalue weighted by molar-refractivity contribution is 0.897. The van der Waals surface area contributed by atoms with Gasteiger partial charge in [-0.2, -0.15) is 15.4 Å². The summed E-state index contributed by atoms with van der Waals surface area (Å²) in [6, 6.07) is 18.3. The normalized spacial score (nSPS) is 10.4. The van der Waals surface area contributed by atoms with E-state index in [0.29, 0.717) is 0 Å². The number of benzene rings is 1. The summed E-state index contributed by atoms with van der Waals surface area (Å²) in [5.74, 6) is 0. The van der Waals surface area contributed by atoms with Crippen LogP contribution in [0, 0.1) is 0 Å². The Bertz CT molecular complexity index is 714. The number of fused-ring (bicyclic) bond motifs is 3. The molecule has 0 amide bonds. The van der Waals surface area contributed by atoms with Crippen molar-refractivity contribution in [2.75, 3.05) is 0 Å². The first-order valence-electron chi connectivity index (χ1n) is 5.46. The molecule has 3 rings (SSSR count). The van der Waals surface area contributed by atoms with E-state index in [1.165, 1.54) is 0 Å². The van der Waals surface area contributed by atoms with Gasteiger partial charge in [0.05, 0.1) is 6.20 Å². The quantitative estimate of drug-likeness (QED) is 0.633. The average Bonchev–Trinajstić information content (AvgIpc) is 2.50. The van der Waals surface area contributed by atoms with E-state index in [-0.39, 0.29) is 0 Å². The van der Waals surface area contributed by atoms with Crippen LogP contribution in [0.2, 0.25) is 0 Å². The van der Waals surface area contributed by atoms with Crippen LogP contribution in [-0.2, 0) is 0 Å². The predicted molar refractivity (Wildman–Crippen MR) is 69.0 cm³/mol. The maximum absolute atomic E-state index is 4.24. The highest BCUT2D eigenvalue weighted by atomic mass is 15.3. The first kappa shape index (κ1) is 9.78. The second-order valence-corrected chi connectivity index (χ2v) is 3.77. The van der Waals surface area contributed by atoms with Gasteiger partial charge in [0, 0.05) is 10.8 Å². The minimum absolute atomic E-state index is 0.939. The fourth-order valence-electron chi connectivity index (χ4n) is 1.87. The lowest BCUT2D eigenvalue weighted by Crippen LogP contribution is -1.87. The molecule has 0 bridgehead atoms. The Balaban J connectivity index is 2.54. The third-order valence-electron chi connectivity index (χ3n) is 2.69. The second kappa shape index (κ2) is 4.22. The van der Waals surface area contributed by atoms with E-state index in [4.69, 9.17) is 0 Å². The first-order valence-corrected chi connectivity index (χ1v) is 5.46. The zero-order valence-corrected chi connectivity index (χ0v) is 9.17. The molecule has 3 nitrogen and oxygen atoms in total. The van der Waals surface area contributed by atoms with Gasteiger partial charge in [-0.1, -0.05) is 54.6 Å².